The van der Waals surface area contributed by atoms with E-state index in [1.54, 1.807) is 6.26 Å². The van der Waals surface area contributed by atoms with Crippen LogP contribution in [0, 0.1) is 0 Å². The monoisotopic (exact) mass is 271 g/mol. The first kappa shape index (κ1) is 15.1. The second-order valence-corrected chi connectivity index (χ2v) is 5.67. The summed E-state index contributed by atoms with van der Waals surface area (Å²) in [6, 6.07) is 9.42. The number of rotatable bonds is 9. The fourth-order valence-electron chi connectivity index (χ4n) is 1.44. The first-order valence-corrected chi connectivity index (χ1v) is 7.78. The van der Waals surface area contributed by atoms with Gasteiger partial charge < -0.3 is 15.2 Å². The molecule has 2 unspecified atom stereocenters. The van der Waals surface area contributed by atoms with E-state index in [-0.39, 0.29) is 6.61 Å². The molecule has 102 valence electrons. The van der Waals surface area contributed by atoms with Gasteiger partial charge in [-0.05, 0) is 25.1 Å². The van der Waals surface area contributed by atoms with E-state index < -0.39 is 16.9 Å². The van der Waals surface area contributed by atoms with Crippen molar-refractivity contribution in [1.82, 2.24) is 5.32 Å². The molecule has 2 N–H and O–H groups in total. The van der Waals surface area contributed by atoms with Crippen LogP contribution in [0.25, 0.3) is 0 Å². The molecule has 18 heavy (non-hydrogen) atoms. The molecular formula is C13H21NO3S. The first-order valence-electron chi connectivity index (χ1n) is 6.05. The highest BCUT2D eigenvalue weighted by Gasteiger charge is 2.04. The van der Waals surface area contributed by atoms with Crippen molar-refractivity contribution in [2.45, 2.75) is 12.5 Å². The highest BCUT2D eigenvalue weighted by Crippen LogP contribution is 2.08. The van der Waals surface area contributed by atoms with Crippen molar-refractivity contribution < 1.29 is 14.1 Å². The van der Waals surface area contributed by atoms with Gasteiger partial charge in [-0.1, -0.05) is 18.2 Å². The summed E-state index contributed by atoms with van der Waals surface area (Å²) < 4.78 is 16.2. The minimum Gasteiger partial charge on any atom is -0.491 e. The maximum atomic E-state index is 10.8. The maximum Gasteiger partial charge on any atom is 0.119 e. The van der Waals surface area contributed by atoms with Gasteiger partial charge in [0.25, 0.3) is 0 Å². The van der Waals surface area contributed by atoms with Gasteiger partial charge in [-0.3, -0.25) is 4.21 Å². The summed E-state index contributed by atoms with van der Waals surface area (Å²) in [5, 5.41) is 12.8. The van der Waals surface area contributed by atoms with Gasteiger partial charge in [0.2, 0.25) is 0 Å². The third kappa shape index (κ3) is 7.42. The molecule has 0 fully saturated rings. The largest absolute Gasteiger partial charge is 0.491 e. The summed E-state index contributed by atoms with van der Waals surface area (Å²) in [4.78, 5) is 0. The van der Waals surface area contributed by atoms with E-state index in [1.807, 2.05) is 30.3 Å². The molecule has 5 heteroatoms. The third-order valence-corrected chi connectivity index (χ3v) is 3.21. The molecule has 1 aromatic carbocycles. The van der Waals surface area contributed by atoms with Crippen LogP contribution in [0.2, 0.25) is 0 Å². The molecule has 0 spiro atoms. The second kappa shape index (κ2) is 9.08. The average Bonchev–Trinajstić information content (AvgIpc) is 2.37. The fourth-order valence-corrected chi connectivity index (χ4v) is 1.99. The quantitative estimate of drug-likeness (QED) is 0.652. The molecule has 0 bridgehead atoms. The van der Waals surface area contributed by atoms with Crippen LogP contribution in [0.15, 0.2) is 30.3 Å². The third-order valence-electron chi connectivity index (χ3n) is 2.35. The Hall–Kier alpha value is -0.910. The summed E-state index contributed by atoms with van der Waals surface area (Å²) in [5.74, 6) is 1.46. The van der Waals surface area contributed by atoms with Gasteiger partial charge in [-0.2, -0.15) is 0 Å². The van der Waals surface area contributed by atoms with E-state index in [0.29, 0.717) is 12.3 Å². The van der Waals surface area contributed by atoms with Crippen molar-refractivity contribution in [1.29, 1.82) is 0 Å². The standard InChI is InChI=1S/C13H21NO3S/c1-18(16)9-5-8-14-10-12(15)11-17-13-6-3-2-4-7-13/h2-4,6-7,12,14-15H,5,8-11H2,1H3. The van der Waals surface area contributed by atoms with Crippen molar-refractivity contribution in [2.75, 3.05) is 31.7 Å². The van der Waals surface area contributed by atoms with E-state index in [1.165, 1.54) is 0 Å². The number of nitrogens with one attached hydrogen (secondary N) is 1. The highest BCUT2D eigenvalue weighted by atomic mass is 32.2. The molecule has 0 radical (unpaired) electrons. The van der Waals surface area contributed by atoms with E-state index in [2.05, 4.69) is 5.32 Å². The molecule has 1 rings (SSSR count). The Labute approximate surface area is 111 Å². The predicted octanol–water partition coefficient (Wildman–Crippen LogP) is 0.784. The summed E-state index contributed by atoms with van der Waals surface area (Å²) in [7, 11) is -0.735. The molecule has 0 heterocycles. The normalized spacial score (nSPS) is 14.1. The molecule has 4 nitrogen and oxygen atoms in total. The number of aliphatic hydroxyl groups is 1. The molecule has 0 aliphatic heterocycles. The van der Waals surface area contributed by atoms with Gasteiger partial charge >= 0.3 is 0 Å². The Bertz CT molecular complexity index is 345. The number of para-hydroxylation sites is 1. The Morgan fingerprint density at radius 2 is 2.11 bits per heavy atom. The van der Waals surface area contributed by atoms with E-state index in [4.69, 9.17) is 4.74 Å². The predicted molar refractivity (Wildman–Crippen MR) is 74.4 cm³/mol. The molecule has 0 amide bonds. The van der Waals surface area contributed by atoms with Crippen LogP contribution in [0.3, 0.4) is 0 Å². The molecule has 2 atom stereocenters. The van der Waals surface area contributed by atoms with Crippen molar-refractivity contribution >= 4 is 10.8 Å². The topological polar surface area (TPSA) is 58.6 Å². The maximum absolute atomic E-state index is 10.8. The highest BCUT2D eigenvalue weighted by molar-refractivity contribution is 7.84. The van der Waals surface area contributed by atoms with Crippen LogP contribution < -0.4 is 10.1 Å². The van der Waals surface area contributed by atoms with E-state index >= 15 is 0 Å². The van der Waals surface area contributed by atoms with Crippen LogP contribution in [0.4, 0.5) is 0 Å². The van der Waals surface area contributed by atoms with Crippen LogP contribution in [-0.2, 0) is 10.8 Å². The van der Waals surface area contributed by atoms with E-state index in [9.17, 15) is 9.32 Å². The Morgan fingerprint density at radius 3 is 2.78 bits per heavy atom. The average molecular weight is 271 g/mol. The fraction of sp³-hybridized carbons (Fsp3) is 0.538. The Morgan fingerprint density at radius 1 is 1.39 bits per heavy atom. The molecule has 0 aliphatic carbocycles. The summed E-state index contributed by atoms with van der Waals surface area (Å²) in [6.07, 6.45) is 2.02. The number of hydrogen-bond donors (Lipinski definition) is 2. The van der Waals surface area contributed by atoms with Gasteiger partial charge in [-0.15, -0.1) is 0 Å². The summed E-state index contributed by atoms with van der Waals surface area (Å²) in [6.45, 7) is 1.53. The zero-order valence-electron chi connectivity index (χ0n) is 10.7. The number of benzene rings is 1. The smallest absolute Gasteiger partial charge is 0.119 e. The Kier molecular flexibility index (Phi) is 7.64. The van der Waals surface area contributed by atoms with Crippen LogP contribution in [0.1, 0.15) is 6.42 Å². The minimum atomic E-state index is -0.735. The molecule has 0 aliphatic rings. The lowest BCUT2D eigenvalue weighted by atomic mass is 10.3. The van der Waals surface area contributed by atoms with Crippen molar-refractivity contribution in [3.63, 3.8) is 0 Å². The van der Waals surface area contributed by atoms with Gasteiger partial charge in [0.15, 0.2) is 0 Å². The summed E-state index contributed by atoms with van der Waals surface area (Å²) in [5.41, 5.74) is 0. The van der Waals surface area contributed by atoms with Crippen LogP contribution in [-0.4, -0.2) is 47.1 Å². The SMILES string of the molecule is CS(=O)CCCNCC(O)COc1ccccc1. The van der Waals surface area contributed by atoms with Gasteiger partial charge in [0.1, 0.15) is 18.5 Å². The lowest BCUT2D eigenvalue weighted by Gasteiger charge is -2.13. The Balaban J connectivity index is 2.04. The van der Waals surface area contributed by atoms with Gasteiger partial charge in [0, 0.05) is 29.4 Å². The van der Waals surface area contributed by atoms with Crippen molar-refractivity contribution in [3.05, 3.63) is 30.3 Å². The van der Waals surface area contributed by atoms with Crippen LogP contribution >= 0.6 is 0 Å². The number of ether oxygens (including phenoxy) is 1. The van der Waals surface area contributed by atoms with Gasteiger partial charge in [0.05, 0.1) is 0 Å². The van der Waals surface area contributed by atoms with Crippen LogP contribution in [0.5, 0.6) is 5.75 Å². The first-order chi connectivity index (χ1) is 8.68. The lowest BCUT2D eigenvalue weighted by Crippen LogP contribution is -2.32. The number of hydrogen-bond acceptors (Lipinski definition) is 4. The number of aliphatic hydroxyl groups excluding tert-OH is 1. The zero-order valence-corrected chi connectivity index (χ0v) is 11.5. The lowest BCUT2D eigenvalue weighted by molar-refractivity contribution is 0.106. The zero-order chi connectivity index (χ0) is 13.2. The van der Waals surface area contributed by atoms with E-state index in [0.717, 1.165) is 18.7 Å². The molecule has 1 aromatic rings. The molecular weight excluding hydrogens is 250 g/mol. The second-order valence-electron chi connectivity index (χ2n) is 4.11. The molecule has 0 saturated carbocycles. The minimum absolute atomic E-state index is 0.275. The van der Waals surface area contributed by atoms with Gasteiger partial charge in [-0.25, -0.2) is 0 Å². The van der Waals surface area contributed by atoms with Crippen molar-refractivity contribution in [2.24, 2.45) is 0 Å². The van der Waals surface area contributed by atoms with Crippen molar-refractivity contribution in [3.8, 4) is 5.75 Å². The summed E-state index contributed by atoms with van der Waals surface area (Å²) >= 11 is 0. The molecule has 0 aromatic heterocycles. The molecule has 0 saturated heterocycles.